The minimum absolute atomic E-state index is 0.00853. The Labute approximate surface area is 214 Å². The first-order chi connectivity index (χ1) is 18.1. The lowest BCUT2D eigenvalue weighted by Crippen LogP contribution is -2.47. The maximum atomic E-state index is 14.2. The van der Waals surface area contributed by atoms with Crippen LogP contribution < -0.4 is 14.4 Å². The van der Waals surface area contributed by atoms with E-state index in [1.54, 1.807) is 41.4 Å². The molecule has 0 N–H and O–H groups in total. The minimum Gasteiger partial charge on any atom is -0.497 e. The van der Waals surface area contributed by atoms with Crippen LogP contribution in [0, 0.1) is 0 Å². The number of rotatable bonds is 7. The highest BCUT2D eigenvalue weighted by molar-refractivity contribution is 6.03. The van der Waals surface area contributed by atoms with E-state index < -0.39 is 6.04 Å². The van der Waals surface area contributed by atoms with Gasteiger partial charge in [0.1, 0.15) is 29.8 Å². The number of furan rings is 1. The monoisotopic (exact) mass is 497 g/mol. The number of carbonyl (C=O) groups is 2. The highest BCUT2D eigenvalue weighted by Crippen LogP contribution is 2.43. The molecule has 1 unspecified atom stereocenters. The molecule has 3 heterocycles. The van der Waals surface area contributed by atoms with Crippen LogP contribution in [0.4, 0.5) is 5.69 Å². The number of para-hydroxylation sites is 2. The first-order valence-corrected chi connectivity index (χ1v) is 12.3. The molecule has 1 aliphatic heterocycles. The Morgan fingerprint density at radius 1 is 0.973 bits per heavy atom. The largest absolute Gasteiger partial charge is 0.497 e. The summed E-state index contributed by atoms with van der Waals surface area (Å²) in [6.07, 6.45) is 5.32. The lowest BCUT2D eigenvalue weighted by molar-refractivity contribution is -0.120. The molecule has 1 atom stereocenters. The molecule has 2 amide bonds. The van der Waals surface area contributed by atoms with Gasteiger partial charge in [-0.15, -0.1) is 0 Å². The molecule has 2 aromatic carbocycles. The molecule has 1 saturated carbocycles. The average Bonchev–Trinajstić information content (AvgIpc) is 3.40. The van der Waals surface area contributed by atoms with Gasteiger partial charge >= 0.3 is 0 Å². The summed E-state index contributed by atoms with van der Waals surface area (Å²) in [5, 5.41) is 0. The summed E-state index contributed by atoms with van der Waals surface area (Å²) in [5.41, 5.74) is 2.99. The van der Waals surface area contributed by atoms with E-state index in [0.29, 0.717) is 22.8 Å². The standard InChI is InChI=1S/C29H27N3O5/c1-35-20-13-14-21(26(17-20)36-2)29(34)31(19-11-12-19)18-27(33)32-23-8-4-3-7-22(23)30-15-5-9-24(30)28(32)25-10-6-16-37-25/h3-10,13-17,19,28H,11-12,18H2,1-2H3. The Morgan fingerprint density at radius 2 is 1.78 bits per heavy atom. The molecule has 4 aromatic rings. The molecule has 0 spiro atoms. The Bertz CT molecular complexity index is 1450. The van der Waals surface area contributed by atoms with Crippen LogP contribution in [0.5, 0.6) is 11.5 Å². The highest BCUT2D eigenvalue weighted by atomic mass is 16.5. The van der Waals surface area contributed by atoms with Gasteiger partial charge in [0.05, 0.1) is 43.1 Å². The molecule has 8 heteroatoms. The number of hydrogen-bond donors (Lipinski definition) is 0. The zero-order valence-corrected chi connectivity index (χ0v) is 20.7. The van der Waals surface area contributed by atoms with Crippen LogP contribution in [0.15, 0.2) is 83.6 Å². The molecule has 1 fully saturated rings. The van der Waals surface area contributed by atoms with Crippen molar-refractivity contribution in [3.05, 3.63) is 96.2 Å². The molecule has 1 aliphatic carbocycles. The smallest absolute Gasteiger partial charge is 0.258 e. The van der Waals surface area contributed by atoms with Gasteiger partial charge in [0, 0.05) is 18.3 Å². The van der Waals surface area contributed by atoms with E-state index in [9.17, 15) is 9.59 Å². The molecule has 0 radical (unpaired) electrons. The molecule has 6 rings (SSSR count). The zero-order valence-electron chi connectivity index (χ0n) is 20.7. The third-order valence-corrected chi connectivity index (χ3v) is 6.99. The van der Waals surface area contributed by atoms with Gasteiger partial charge in [-0.2, -0.15) is 0 Å². The summed E-state index contributed by atoms with van der Waals surface area (Å²) >= 11 is 0. The van der Waals surface area contributed by atoms with Crippen LogP contribution >= 0.6 is 0 Å². The van der Waals surface area contributed by atoms with Crippen LogP contribution in [0.25, 0.3) is 5.69 Å². The van der Waals surface area contributed by atoms with Crippen molar-refractivity contribution in [2.75, 3.05) is 25.7 Å². The highest BCUT2D eigenvalue weighted by Gasteiger charge is 2.41. The van der Waals surface area contributed by atoms with Crippen molar-refractivity contribution in [3.8, 4) is 17.2 Å². The number of methoxy groups -OCH3 is 2. The second-order valence-electron chi connectivity index (χ2n) is 9.20. The van der Waals surface area contributed by atoms with E-state index in [-0.39, 0.29) is 24.4 Å². The van der Waals surface area contributed by atoms with Crippen LogP contribution in [0.2, 0.25) is 0 Å². The maximum Gasteiger partial charge on any atom is 0.258 e. The van der Waals surface area contributed by atoms with Crippen LogP contribution in [0.3, 0.4) is 0 Å². The number of ether oxygens (including phenoxy) is 2. The molecule has 37 heavy (non-hydrogen) atoms. The molecule has 8 nitrogen and oxygen atoms in total. The fourth-order valence-corrected chi connectivity index (χ4v) is 5.08. The van der Waals surface area contributed by atoms with E-state index in [2.05, 4.69) is 4.57 Å². The second kappa shape index (κ2) is 9.20. The number of hydrogen-bond acceptors (Lipinski definition) is 5. The zero-order chi connectivity index (χ0) is 25.5. The third-order valence-electron chi connectivity index (χ3n) is 6.99. The maximum absolute atomic E-state index is 14.2. The van der Waals surface area contributed by atoms with Gasteiger partial charge in [-0.1, -0.05) is 12.1 Å². The Balaban J connectivity index is 1.38. The van der Waals surface area contributed by atoms with Crippen molar-refractivity contribution < 1.29 is 23.5 Å². The summed E-state index contributed by atoms with van der Waals surface area (Å²) in [6.45, 7) is -0.0645. The van der Waals surface area contributed by atoms with E-state index in [1.165, 1.54) is 7.11 Å². The topological polar surface area (TPSA) is 77.2 Å². The van der Waals surface area contributed by atoms with E-state index in [1.807, 2.05) is 54.7 Å². The van der Waals surface area contributed by atoms with Gasteiger partial charge in [0.15, 0.2) is 0 Å². The SMILES string of the molecule is COc1ccc(C(=O)N(CC(=O)N2c3ccccc3-n3cccc3C2c2ccco2)C2CC2)c(OC)c1. The summed E-state index contributed by atoms with van der Waals surface area (Å²) < 4.78 is 18.7. The number of carbonyl (C=O) groups excluding carboxylic acids is 2. The molecule has 2 aromatic heterocycles. The molecular weight excluding hydrogens is 470 g/mol. The lowest BCUT2D eigenvalue weighted by atomic mass is 10.0. The average molecular weight is 498 g/mol. The van der Waals surface area contributed by atoms with Crippen molar-refractivity contribution in [2.24, 2.45) is 0 Å². The van der Waals surface area contributed by atoms with E-state index >= 15 is 0 Å². The van der Waals surface area contributed by atoms with Crippen molar-refractivity contribution >= 4 is 17.5 Å². The molecular formula is C29H27N3O5. The first kappa shape index (κ1) is 23.0. The normalized spacial score (nSPS) is 16.1. The lowest BCUT2D eigenvalue weighted by Gasteiger charge is -2.38. The number of fused-ring (bicyclic) bond motifs is 3. The summed E-state index contributed by atoms with van der Waals surface area (Å²) in [7, 11) is 3.08. The Hall–Kier alpha value is -4.46. The Morgan fingerprint density at radius 3 is 2.49 bits per heavy atom. The summed E-state index contributed by atoms with van der Waals surface area (Å²) in [6, 6.07) is 20.1. The summed E-state index contributed by atoms with van der Waals surface area (Å²) in [4.78, 5) is 31.3. The predicted octanol–water partition coefficient (Wildman–Crippen LogP) is 4.83. The van der Waals surface area contributed by atoms with Gasteiger partial charge in [-0.3, -0.25) is 14.5 Å². The van der Waals surface area contributed by atoms with Crippen LogP contribution in [-0.4, -0.2) is 48.1 Å². The number of aromatic nitrogens is 1. The quantitative estimate of drug-likeness (QED) is 0.366. The van der Waals surface area contributed by atoms with Crippen molar-refractivity contribution in [1.82, 2.24) is 9.47 Å². The number of amides is 2. The van der Waals surface area contributed by atoms with Crippen LogP contribution in [0.1, 0.15) is 40.7 Å². The van der Waals surface area contributed by atoms with E-state index in [4.69, 9.17) is 13.9 Å². The molecule has 0 bridgehead atoms. The molecule has 0 saturated heterocycles. The fourth-order valence-electron chi connectivity index (χ4n) is 5.08. The van der Waals surface area contributed by atoms with Gasteiger partial charge in [-0.05, 0) is 61.4 Å². The molecule has 2 aliphatic rings. The first-order valence-electron chi connectivity index (χ1n) is 12.3. The third kappa shape index (κ3) is 3.94. The van der Waals surface area contributed by atoms with Gasteiger partial charge in [-0.25, -0.2) is 0 Å². The van der Waals surface area contributed by atoms with Crippen molar-refractivity contribution in [3.63, 3.8) is 0 Å². The number of anilines is 1. The van der Waals surface area contributed by atoms with Crippen molar-refractivity contribution in [2.45, 2.75) is 24.9 Å². The van der Waals surface area contributed by atoms with Gasteiger partial charge < -0.3 is 23.4 Å². The summed E-state index contributed by atoms with van der Waals surface area (Å²) in [5.74, 6) is 1.24. The molecule has 188 valence electrons. The fraction of sp³-hybridized carbons (Fsp3) is 0.241. The Kier molecular flexibility index (Phi) is 5.71. The second-order valence-corrected chi connectivity index (χ2v) is 9.20. The van der Waals surface area contributed by atoms with Crippen LogP contribution in [-0.2, 0) is 4.79 Å². The van der Waals surface area contributed by atoms with E-state index in [0.717, 1.165) is 29.9 Å². The van der Waals surface area contributed by atoms with Gasteiger partial charge in [0.25, 0.3) is 5.91 Å². The van der Waals surface area contributed by atoms with Crippen molar-refractivity contribution in [1.29, 1.82) is 0 Å². The van der Waals surface area contributed by atoms with Gasteiger partial charge in [0.2, 0.25) is 5.91 Å². The number of nitrogens with zero attached hydrogens (tertiary/aromatic N) is 3. The number of benzene rings is 2. The minimum atomic E-state index is -0.459. The predicted molar refractivity (Wildman–Crippen MR) is 137 cm³/mol.